The number of hydrogen-bond donors (Lipinski definition) is 1. The lowest BCUT2D eigenvalue weighted by atomic mass is 9.89. The topological polar surface area (TPSA) is 24.5 Å². The summed E-state index contributed by atoms with van der Waals surface area (Å²) in [6.07, 6.45) is 11.1. The molecule has 1 N–H and O–H groups in total. The zero-order valence-electron chi connectivity index (χ0n) is 14.3. The Balaban J connectivity index is 1.65. The molecule has 2 heterocycles. The largest absolute Gasteiger partial charge is 0.371 e. The molecule has 2 unspecified atom stereocenters. The summed E-state index contributed by atoms with van der Waals surface area (Å²) in [5, 5.41) is 3.84. The Labute approximate surface area is 130 Å². The maximum Gasteiger partial charge on any atom is 0.0710 e. The molecule has 2 atom stereocenters. The molecule has 3 rings (SSSR count). The molecule has 3 nitrogen and oxygen atoms in total. The van der Waals surface area contributed by atoms with Crippen molar-refractivity contribution in [1.82, 2.24) is 10.2 Å². The first kappa shape index (κ1) is 15.8. The Morgan fingerprint density at radius 2 is 1.95 bits per heavy atom. The zero-order valence-corrected chi connectivity index (χ0v) is 14.3. The van der Waals surface area contributed by atoms with E-state index in [2.05, 4.69) is 31.0 Å². The third-order valence-electron chi connectivity index (χ3n) is 5.98. The SMILES string of the molecule is CCCC1CN(CC2CCC(C)(C)O2)C2(CCCC2)CN1. The third-order valence-corrected chi connectivity index (χ3v) is 5.98. The fourth-order valence-corrected chi connectivity index (χ4v) is 4.76. The van der Waals surface area contributed by atoms with E-state index in [1.807, 2.05) is 0 Å². The first-order valence-corrected chi connectivity index (χ1v) is 9.19. The van der Waals surface area contributed by atoms with E-state index in [1.54, 1.807) is 0 Å². The molecular formula is C18H34N2O. The van der Waals surface area contributed by atoms with Gasteiger partial charge in [0, 0.05) is 31.2 Å². The molecule has 0 amide bonds. The van der Waals surface area contributed by atoms with Gasteiger partial charge in [-0.2, -0.15) is 0 Å². The highest BCUT2D eigenvalue weighted by atomic mass is 16.5. The van der Waals surface area contributed by atoms with Crippen LogP contribution in [0.2, 0.25) is 0 Å². The Bertz CT molecular complexity index is 349. The fourth-order valence-electron chi connectivity index (χ4n) is 4.76. The van der Waals surface area contributed by atoms with Crippen LogP contribution >= 0.6 is 0 Å². The summed E-state index contributed by atoms with van der Waals surface area (Å²) in [5.74, 6) is 0. The second-order valence-electron chi connectivity index (χ2n) is 8.24. The average molecular weight is 294 g/mol. The van der Waals surface area contributed by atoms with Gasteiger partial charge in [-0.3, -0.25) is 4.90 Å². The molecule has 21 heavy (non-hydrogen) atoms. The normalized spacial score (nSPS) is 35.6. The van der Waals surface area contributed by atoms with Gasteiger partial charge in [0.2, 0.25) is 0 Å². The van der Waals surface area contributed by atoms with Gasteiger partial charge in [-0.15, -0.1) is 0 Å². The number of nitrogens with one attached hydrogen (secondary N) is 1. The predicted molar refractivity (Wildman–Crippen MR) is 87.7 cm³/mol. The van der Waals surface area contributed by atoms with Crippen LogP contribution in [-0.4, -0.2) is 47.8 Å². The molecule has 2 saturated heterocycles. The molecule has 0 bridgehead atoms. The molecule has 0 radical (unpaired) electrons. The van der Waals surface area contributed by atoms with Gasteiger partial charge >= 0.3 is 0 Å². The van der Waals surface area contributed by atoms with Crippen molar-refractivity contribution in [3.63, 3.8) is 0 Å². The smallest absolute Gasteiger partial charge is 0.0710 e. The highest BCUT2D eigenvalue weighted by Crippen LogP contribution is 2.39. The van der Waals surface area contributed by atoms with Crippen LogP contribution in [0.15, 0.2) is 0 Å². The first-order chi connectivity index (χ1) is 10.0. The Hall–Kier alpha value is -0.120. The van der Waals surface area contributed by atoms with E-state index in [0.29, 0.717) is 17.7 Å². The Morgan fingerprint density at radius 1 is 1.19 bits per heavy atom. The van der Waals surface area contributed by atoms with Gasteiger partial charge in [-0.25, -0.2) is 0 Å². The van der Waals surface area contributed by atoms with Crippen molar-refractivity contribution in [2.45, 2.75) is 95.4 Å². The predicted octanol–water partition coefficient (Wildman–Crippen LogP) is 3.33. The highest BCUT2D eigenvalue weighted by molar-refractivity contribution is 5.02. The summed E-state index contributed by atoms with van der Waals surface area (Å²) in [6, 6.07) is 0.690. The second kappa shape index (κ2) is 6.17. The molecule has 3 heteroatoms. The molecule has 3 fully saturated rings. The lowest BCUT2D eigenvalue weighted by Gasteiger charge is -2.49. The molecule has 0 aromatic carbocycles. The summed E-state index contributed by atoms with van der Waals surface area (Å²) < 4.78 is 6.29. The molecule has 3 aliphatic rings. The van der Waals surface area contributed by atoms with Gasteiger partial charge in [0.05, 0.1) is 11.7 Å². The van der Waals surface area contributed by atoms with E-state index in [-0.39, 0.29) is 5.60 Å². The Morgan fingerprint density at radius 3 is 2.57 bits per heavy atom. The second-order valence-corrected chi connectivity index (χ2v) is 8.24. The van der Waals surface area contributed by atoms with Crippen LogP contribution in [-0.2, 0) is 4.74 Å². The van der Waals surface area contributed by atoms with Crippen molar-refractivity contribution in [2.75, 3.05) is 19.6 Å². The minimum absolute atomic E-state index is 0.102. The van der Waals surface area contributed by atoms with Crippen molar-refractivity contribution in [2.24, 2.45) is 0 Å². The van der Waals surface area contributed by atoms with Crippen LogP contribution in [0.4, 0.5) is 0 Å². The molecule has 1 saturated carbocycles. The van der Waals surface area contributed by atoms with Crippen LogP contribution in [0.5, 0.6) is 0 Å². The maximum absolute atomic E-state index is 6.29. The van der Waals surface area contributed by atoms with E-state index >= 15 is 0 Å². The van der Waals surface area contributed by atoms with E-state index in [9.17, 15) is 0 Å². The monoisotopic (exact) mass is 294 g/mol. The number of nitrogens with zero attached hydrogens (tertiary/aromatic N) is 1. The van der Waals surface area contributed by atoms with Crippen LogP contribution in [0, 0.1) is 0 Å². The summed E-state index contributed by atoms with van der Waals surface area (Å²) in [6.45, 7) is 10.4. The van der Waals surface area contributed by atoms with Crippen molar-refractivity contribution < 1.29 is 4.74 Å². The molecule has 122 valence electrons. The van der Waals surface area contributed by atoms with E-state index in [0.717, 1.165) is 6.54 Å². The highest BCUT2D eigenvalue weighted by Gasteiger charge is 2.45. The summed E-state index contributed by atoms with van der Waals surface area (Å²) in [7, 11) is 0. The Kier molecular flexibility index (Phi) is 4.63. The van der Waals surface area contributed by atoms with E-state index in [4.69, 9.17) is 4.74 Å². The van der Waals surface area contributed by atoms with Gasteiger partial charge in [-0.05, 0) is 46.0 Å². The van der Waals surface area contributed by atoms with E-state index < -0.39 is 0 Å². The van der Waals surface area contributed by atoms with E-state index in [1.165, 1.54) is 64.5 Å². The molecular weight excluding hydrogens is 260 g/mol. The third kappa shape index (κ3) is 3.46. The van der Waals surface area contributed by atoms with Gasteiger partial charge in [0.1, 0.15) is 0 Å². The molecule has 1 aliphatic carbocycles. The number of piperazine rings is 1. The van der Waals surface area contributed by atoms with Crippen LogP contribution in [0.25, 0.3) is 0 Å². The van der Waals surface area contributed by atoms with Crippen LogP contribution in [0.1, 0.15) is 72.1 Å². The lowest BCUT2D eigenvalue weighted by Crippen LogP contribution is -2.64. The minimum atomic E-state index is 0.102. The molecule has 1 spiro atoms. The zero-order chi connectivity index (χ0) is 14.9. The fraction of sp³-hybridized carbons (Fsp3) is 1.00. The average Bonchev–Trinajstić information content (AvgIpc) is 3.02. The van der Waals surface area contributed by atoms with Crippen molar-refractivity contribution in [3.05, 3.63) is 0 Å². The molecule has 0 aromatic rings. The molecule has 0 aromatic heterocycles. The quantitative estimate of drug-likeness (QED) is 0.861. The first-order valence-electron chi connectivity index (χ1n) is 9.19. The van der Waals surface area contributed by atoms with Crippen molar-refractivity contribution in [3.8, 4) is 0 Å². The summed E-state index contributed by atoms with van der Waals surface area (Å²) >= 11 is 0. The maximum atomic E-state index is 6.29. The lowest BCUT2D eigenvalue weighted by molar-refractivity contribution is -0.0551. The van der Waals surface area contributed by atoms with Crippen LogP contribution < -0.4 is 5.32 Å². The van der Waals surface area contributed by atoms with Crippen molar-refractivity contribution >= 4 is 0 Å². The number of hydrogen-bond acceptors (Lipinski definition) is 3. The van der Waals surface area contributed by atoms with Crippen LogP contribution in [0.3, 0.4) is 0 Å². The van der Waals surface area contributed by atoms with Gasteiger partial charge in [0.15, 0.2) is 0 Å². The van der Waals surface area contributed by atoms with Gasteiger partial charge in [0.25, 0.3) is 0 Å². The number of rotatable bonds is 4. The summed E-state index contributed by atoms with van der Waals surface area (Å²) in [4.78, 5) is 2.82. The van der Waals surface area contributed by atoms with Crippen molar-refractivity contribution in [1.29, 1.82) is 0 Å². The minimum Gasteiger partial charge on any atom is -0.371 e. The molecule has 2 aliphatic heterocycles. The number of ether oxygens (including phenoxy) is 1. The standard InChI is InChI=1S/C18H34N2O/c1-4-7-15-12-20(13-16-8-11-17(2,3)21-16)18(14-19-15)9-5-6-10-18/h15-16,19H,4-14H2,1-3H3. The summed E-state index contributed by atoms with van der Waals surface area (Å²) in [5.41, 5.74) is 0.546. The van der Waals surface area contributed by atoms with Gasteiger partial charge < -0.3 is 10.1 Å². The van der Waals surface area contributed by atoms with Gasteiger partial charge in [-0.1, -0.05) is 26.2 Å².